The summed E-state index contributed by atoms with van der Waals surface area (Å²) in [7, 11) is 0. The van der Waals surface area contributed by atoms with Crippen molar-refractivity contribution >= 4 is 66.4 Å². The molecule has 12 rings (SSSR count). The summed E-state index contributed by atoms with van der Waals surface area (Å²) in [5.74, 6) is 0. The number of fused-ring (bicyclic) bond motifs is 7. The Labute approximate surface area is 453 Å². The number of benzene rings is 10. The summed E-state index contributed by atoms with van der Waals surface area (Å²) in [6.45, 7) is 4.57. The Morgan fingerprint density at radius 3 is 1.01 bits per heavy atom. The van der Waals surface area contributed by atoms with Gasteiger partial charge in [0.25, 0.3) is 0 Å². The zero-order chi connectivity index (χ0) is 51.2. The van der Waals surface area contributed by atoms with E-state index in [4.69, 9.17) is 0 Å². The summed E-state index contributed by atoms with van der Waals surface area (Å²) in [5, 5.41) is 7.51. The lowest BCUT2D eigenvalue weighted by atomic mass is 9.90. The van der Waals surface area contributed by atoms with E-state index in [9.17, 15) is 0 Å². The molecule has 0 heterocycles. The van der Waals surface area contributed by atoms with Crippen LogP contribution in [0.5, 0.6) is 0 Å². The fourth-order valence-corrected chi connectivity index (χ4v) is 12.7. The van der Waals surface area contributed by atoms with Crippen molar-refractivity contribution < 1.29 is 0 Å². The molecule has 0 aliphatic heterocycles. The van der Waals surface area contributed by atoms with E-state index in [-0.39, 0.29) is 0 Å². The lowest BCUT2D eigenvalue weighted by Gasteiger charge is -2.31. The third-order valence-electron chi connectivity index (χ3n) is 17.0. The number of hydrogen-bond acceptors (Lipinski definition) is 2. The molecule has 0 saturated heterocycles. The average molecular weight is 991 g/mol. The maximum atomic E-state index is 2.55. The maximum Gasteiger partial charge on any atom is 0.0546 e. The van der Waals surface area contributed by atoms with Crippen LogP contribution in [0.1, 0.15) is 124 Å². The van der Waals surface area contributed by atoms with E-state index in [0.29, 0.717) is 0 Å². The Balaban J connectivity index is 0.981. The van der Waals surface area contributed by atoms with Gasteiger partial charge in [-0.1, -0.05) is 186 Å². The Morgan fingerprint density at radius 2 is 0.632 bits per heavy atom. The van der Waals surface area contributed by atoms with Crippen molar-refractivity contribution in [3.05, 3.63) is 228 Å². The molecule has 10 aromatic carbocycles. The summed E-state index contributed by atoms with van der Waals surface area (Å²) >= 11 is 0. The zero-order valence-electron chi connectivity index (χ0n) is 45.1. The first kappa shape index (κ1) is 49.5. The Morgan fingerprint density at radius 1 is 0.289 bits per heavy atom. The van der Waals surface area contributed by atoms with Crippen LogP contribution in [0.3, 0.4) is 0 Å². The Hall–Kier alpha value is -7.42. The zero-order valence-corrected chi connectivity index (χ0v) is 45.1. The molecule has 0 spiro atoms. The molecule has 0 fully saturated rings. The topological polar surface area (TPSA) is 6.48 Å². The van der Waals surface area contributed by atoms with Gasteiger partial charge in [-0.15, -0.1) is 0 Å². The van der Waals surface area contributed by atoms with Gasteiger partial charge in [0.05, 0.1) is 11.4 Å². The van der Waals surface area contributed by atoms with Crippen molar-refractivity contribution in [3.63, 3.8) is 0 Å². The van der Waals surface area contributed by atoms with Crippen molar-refractivity contribution in [1.82, 2.24) is 0 Å². The van der Waals surface area contributed by atoms with Crippen LogP contribution in [0, 0.1) is 0 Å². The summed E-state index contributed by atoms with van der Waals surface area (Å²) in [5.41, 5.74) is 21.0. The van der Waals surface area contributed by atoms with Crippen LogP contribution >= 0.6 is 0 Å². The molecule has 380 valence electrons. The first-order valence-corrected chi connectivity index (χ1v) is 29.2. The number of hydrogen-bond donors (Lipinski definition) is 0. The van der Waals surface area contributed by atoms with Gasteiger partial charge in [-0.25, -0.2) is 0 Å². The molecule has 0 N–H and O–H groups in total. The molecule has 2 heteroatoms. The highest BCUT2D eigenvalue weighted by atomic mass is 15.2. The van der Waals surface area contributed by atoms with E-state index in [0.717, 1.165) is 49.9 Å². The van der Waals surface area contributed by atoms with E-state index in [2.05, 4.69) is 218 Å². The molecule has 0 atom stereocenters. The van der Waals surface area contributed by atoms with Gasteiger partial charge in [0.15, 0.2) is 0 Å². The van der Waals surface area contributed by atoms with Crippen molar-refractivity contribution in [2.45, 2.75) is 129 Å². The van der Waals surface area contributed by atoms with Gasteiger partial charge >= 0.3 is 0 Å². The van der Waals surface area contributed by atoms with Crippen molar-refractivity contribution in [1.29, 1.82) is 0 Å². The predicted octanol–water partition coefficient (Wildman–Crippen LogP) is 21.4. The van der Waals surface area contributed by atoms with Crippen molar-refractivity contribution in [2.24, 2.45) is 0 Å². The molecule has 2 aliphatic carbocycles. The Bertz CT molecular complexity index is 3360. The van der Waals surface area contributed by atoms with Crippen LogP contribution in [-0.2, 0) is 38.5 Å². The van der Waals surface area contributed by atoms with E-state index in [1.807, 2.05) is 0 Å². The SMILES string of the molecule is CCCCCCc1ccc(-c2ccc(N(c3ccc4c(c3)CCCC4)c3cc4c5ccccc5c(N(c5ccc(-c6ccc(CCCCCC)cc6)cc5)c5ccc6c(c5)CCCC6)cc4c4ccccc34)cc2)cc1. The quantitative estimate of drug-likeness (QED) is 0.0624. The summed E-state index contributed by atoms with van der Waals surface area (Å²) in [4.78, 5) is 5.09. The minimum Gasteiger partial charge on any atom is -0.310 e. The smallest absolute Gasteiger partial charge is 0.0546 e. The van der Waals surface area contributed by atoms with Gasteiger partial charge in [0, 0.05) is 33.5 Å². The van der Waals surface area contributed by atoms with Crippen LogP contribution in [0.25, 0.3) is 54.6 Å². The molecule has 0 amide bonds. The second-order valence-electron chi connectivity index (χ2n) is 22.1. The van der Waals surface area contributed by atoms with E-state index >= 15 is 0 Å². The van der Waals surface area contributed by atoms with Crippen molar-refractivity contribution in [3.8, 4) is 22.3 Å². The van der Waals surface area contributed by atoms with Gasteiger partial charge < -0.3 is 9.80 Å². The molecule has 0 unspecified atom stereocenters. The molecular weight excluding hydrogens is 917 g/mol. The number of anilines is 6. The van der Waals surface area contributed by atoms with Gasteiger partial charge in [-0.05, 0) is 215 Å². The lowest BCUT2D eigenvalue weighted by Crippen LogP contribution is -2.13. The number of unbranched alkanes of at least 4 members (excludes halogenated alkanes) is 6. The number of rotatable bonds is 18. The maximum absolute atomic E-state index is 2.55. The minimum atomic E-state index is 1.13. The second kappa shape index (κ2) is 22.8. The largest absolute Gasteiger partial charge is 0.310 e. The molecular formula is C74H74N2. The van der Waals surface area contributed by atoms with Gasteiger partial charge in [-0.2, -0.15) is 0 Å². The summed E-state index contributed by atoms with van der Waals surface area (Å²) < 4.78 is 0. The highest BCUT2D eigenvalue weighted by Crippen LogP contribution is 2.49. The molecule has 76 heavy (non-hydrogen) atoms. The molecule has 10 aromatic rings. The minimum absolute atomic E-state index is 1.13. The van der Waals surface area contributed by atoms with Gasteiger partial charge in [0.2, 0.25) is 0 Å². The fourth-order valence-electron chi connectivity index (χ4n) is 12.7. The van der Waals surface area contributed by atoms with Gasteiger partial charge in [0.1, 0.15) is 0 Å². The molecule has 0 saturated carbocycles. The van der Waals surface area contributed by atoms with E-state index in [1.54, 1.807) is 0 Å². The molecule has 2 aliphatic rings. The third kappa shape index (κ3) is 10.3. The Kier molecular flexibility index (Phi) is 14.8. The third-order valence-corrected chi connectivity index (χ3v) is 17.0. The van der Waals surface area contributed by atoms with Gasteiger partial charge in [-0.3, -0.25) is 0 Å². The molecule has 2 nitrogen and oxygen atoms in total. The monoisotopic (exact) mass is 991 g/mol. The summed E-state index contributed by atoms with van der Waals surface area (Å²) in [6, 6.07) is 75.2. The van der Waals surface area contributed by atoms with Crippen LogP contribution < -0.4 is 9.80 Å². The predicted molar refractivity (Wildman–Crippen MR) is 328 cm³/mol. The first-order valence-electron chi connectivity index (χ1n) is 29.2. The van der Waals surface area contributed by atoms with Crippen LogP contribution in [0.15, 0.2) is 194 Å². The fraction of sp³-hybridized carbons (Fsp3) is 0.270. The normalized spacial score (nSPS) is 13.2. The lowest BCUT2D eigenvalue weighted by molar-refractivity contribution is 0.667. The number of aryl methyl sites for hydroxylation is 6. The molecule has 0 aromatic heterocycles. The van der Waals surface area contributed by atoms with E-state index in [1.165, 1.54) is 188 Å². The first-order chi connectivity index (χ1) is 37.6. The van der Waals surface area contributed by atoms with Crippen LogP contribution in [0.2, 0.25) is 0 Å². The molecule has 0 radical (unpaired) electrons. The highest BCUT2D eigenvalue weighted by Gasteiger charge is 2.24. The van der Waals surface area contributed by atoms with Crippen LogP contribution in [0.4, 0.5) is 34.1 Å². The second-order valence-corrected chi connectivity index (χ2v) is 22.1. The highest BCUT2D eigenvalue weighted by molar-refractivity contribution is 6.24. The van der Waals surface area contributed by atoms with Crippen LogP contribution in [-0.4, -0.2) is 0 Å². The summed E-state index contributed by atoms with van der Waals surface area (Å²) in [6.07, 6.45) is 22.2. The van der Waals surface area contributed by atoms with E-state index < -0.39 is 0 Å². The average Bonchev–Trinajstić information content (AvgIpc) is 3.57. The standard InChI is InChI=1S/C74H74N2/c1-3-5-7-9-19-53-29-33-57(34-30-53)59-37-43-63(44-38-59)75(65-47-41-55-21-11-13-23-61(55)49-65)73-51-71-68-26-16-18-28-70(68)74(52-72(71)67-25-15-17-27-69(67)73)76(66-48-42-56-22-12-14-24-62(56)50-66)64-45-39-60(40-46-64)58-35-31-54(32-36-58)20-10-8-6-4-2/h15-18,25-52H,3-14,19-24H2,1-2H3. The molecule has 0 bridgehead atoms. The van der Waals surface area contributed by atoms with Crippen molar-refractivity contribution in [2.75, 3.05) is 9.80 Å². The number of nitrogens with zero attached hydrogens (tertiary/aromatic N) is 2.